The third-order valence-corrected chi connectivity index (χ3v) is 18.3. The van der Waals surface area contributed by atoms with Crippen molar-refractivity contribution in [1.82, 2.24) is 0 Å². The van der Waals surface area contributed by atoms with E-state index in [1.54, 1.807) is 0 Å². The molecule has 2 aliphatic rings. The average molecular weight is 1060 g/mol. The van der Waals surface area contributed by atoms with E-state index in [1.807, 2.05) is 0 Å². The smallest absolute Gasteiger partial charge is 0.0468 e. The second kappa shape index (κ2) is 18.5. The van der Waals surface area contributed by atoms with Crippen LogP contribution in [0.25, 0.3) is 109 Å². The van der Waals surface area contributed by atoms with Gasteiger partial charge in [-0.15, -0.1) is 0 Å². The molecule has 14 aromatic rings. The van der Waals surface area contributed by atoms with Crippen LogP contribution in [0.4, 0.5) is 34.1 Å². The van der Waals surface area contributed by atoms with Gasteiger partial charge in [0.2, 0.25) is 0 Å². The summed E-state index contributed by atoms with van der Waals surface area (Å²) in [5, 5.41) is 12.2. The van der Waals surface area contributed by atoms with E-state index in [4.69, 9.17) is 0 Å². The first-order chi connectivity index (χ1) is 40.5. The highest BCUT2D eigenvalue weighted by molar-refractivity contribution is 6.27. The predicted octanol–water partition coefficient (Wildman–Crippen LogP) is 23.0. The topological polar surface area (TPSA) is 6.48 Å². The number of anilines is 6. The van der Waals surface area contributed by atoms with E-state index in [0.717, 1.165) is 34.1 Å². The van der Waals surface area contributed by atoms with Crippen LogP contribution in [0.15, 0.2) is 273 Å². The fraction of sp³-hybridized carbons (Fsp3) is 0.0864. The first-order valence-corrected chi connectivity index (χ1v) is 29.2. The van der Waals surface area contributed by atoms with Gasteiger partial charge in [0.1, 0.15) is 0 Å². The normalized spacial score (nSPS) is 13.0. The van der Waals surface area contributed by atoms with Gasteiger partial charge in [-0.3, -0.25) is 0 Å². The van der Waals surface area contributed by atoms with Crippen molar-refractivity contribution in [3.05, 3.63) is 290 Å². The van der Waals surface area contributed by atoms with Gasteiger partial charge in [-0.1, -0.05) is 229 Å². The summed E-state index contributed by atoms with van der Waals surface area (Å²) < 4.78 is 0. The Hall–Kier alpha value is -10.0. The van der Waals surface area contributed by atoms with Gasteiger partial charge in [0.25, 0.3) is 0 Å². The van der Waals surface area contributed by atoms with E-state index in [9.17, 15) is 0 Å². The van der Waals surface area contributed by atoms with E-state index < -0.39 is 0 Å². The van der Waals surface area contributed by atoms with Gasteiger partial charge < -0.3 is 9.80 Å². The summed E-state index contributed by atoms with van der Waals surface area (Å²) in [4.78, 5) is 4.91. The summed E-state index contributed by atoms with van der Waals surface area (Å²) in [6, 6.07) is 103. The van der Waals surface area contributed by atoms with E-state index in [2.05, 4.69) is 317 Å². The Bertz CT molecular complexity index is 4950. The lowest BCUT2D eigenvalue weighted by Gasteiger charge is -2.29. The molecule has 0 heterocycles. The third kappa shape index (κ3) is 7.70. The predicted molar refractivity (Wildman–Crippen MR) is 355 cm³/mol. The zero-order valence-corrected chi connectivity index (χ0v) is 47.4. The molecule has 0 bridgehead atoms. The maximum absolute atomic E-state index is 2.53. The Morgan fingerprint density at radius 3 is 1.37 bits per heavy atom. The van der Waals surface area contributed by atoms with Crippen LogP contribution in [0.2, 0.25) is 0 Å². The minimum absolute atomic E-state index is 0.00625. The molecule has 0 radical (unpaired) electrons. The summed E-state index contributed by atoms with van der Waals surface area (Å²) in [7, 11) is 0. The van der Waals surface area contributed by atoms with Gasteiger partial charge in [-0.05, 0) is 210 Å². The standard InChI is InChI=1S/C81H60N2/c1-80(2,3)56-33-37-58(38-34-56)83(60-36-31-52-19-10-12-21-54(52)47-60)61-40-43-72-73(49-61)77(55-32-41-66-65-26-15-16-29-75(65)81(4,5)76(66)48-55)71-42-39-62(82(57-22-7-6-8-23-57)59-35-30-51-18-9-11-20-53(51)46-59)50-74(71)79(72)70-45-44-69-64-25-14-13-24-63(64)67-27-17-28-68(70)78(67)69/h6-50H,1-5H3. The third-order valence-electron chi connectivity index (χ3n) is 18.3. The van der Waals surface area contributed by atoms with Crippen molar-refractivity contribution < 1.29 is 0 Å². The molecule has 2 heteroatoms. The van der Waals surface area contributed by atoms with Crippen molar-refractivity contribution in [3.63, 3.8) is 0 Å². The number of nitrogens with zero attached hydrogens (tertiary/aromatic N) is 2. The van der Waals surface area contributed by atoms with Crippen molar-refractivity contribution in [2.75, 3.05) is 9.80 Å². The highest BCUT2D eigenvalue weighted by atomic mass is 15.1. The average Bonchev–Trinajstić information content (AvgIpc) is 2.36. The molecule has 0 atom stereocenters. The first kappa shape index (κ1) is 48.8. The lowest BCUT2D eigenvalue weighted by Crippen LogP contribution is -2.15. The van der Waals surface area contributed by atoms with Gasteiger partial charge >= 0.3 is 0 Å². The van der Waals surface area contributed by atoms with Gasteiger partial charge in [0.15, 0.2) is 0 Å². The summed E-state index contributed by atoms with van der Waals surface area (Å²) in [5.74, 6) is 0. The molecule has 2 aliphatic carbocycles. The number of rotatable bonds is 8. The van der Waals surface area contributed by atoms with Crippen LogP contribution >= 0.6 is 0 Å². The molecule has 0 saturated heterocycles. The number of hydrogen-bond donors (Lipinski definition) is 0. The van der Waals surface area contributed by atoms with Crippen molar-refractivity contribution in [2.24, 2.45) is 0 Å². The molecular weight excluding hydrogens is 1000 g/mol. The fourth-order valence-electron chi connectivity index (χ4n) is 14.2. The van der Waals surface area contributed by atoms with Crippen LogP contribution in [0, 0.1) is 0 Å². The quantitative estimate of drug-likeness (QED) is 0.140. The van der Waals surface area contributed by atoms with E-state index in [-0.39, 0.29) is 10.8 Å². The Morgan fingerprint density at radius 1 is 0.277 bits per heavy atom. The maximum Gasteiger partial charge on any atom is 0.0468 e. The highest BCUT2D eigenvalue weighted by Gasteiger charge is 2.36. The molecule has 0 saturated carbocycles. The number of benzene rings is 14. The van der Waals surface area contributed by atoms with Gasteiger partial charge in [0, 0.05) is 39.5 Å². The molecule has 0 fully saturated rings. The van der Waals surface area contributed by atoms with Crippen LogP contribution in [0.1, 0.15) is 51.3 Å². The summed E-state index contributed by atoms with van der Waals surface area (Å²) in [6.45, 7) is 11.7. The number of fused-ring (bicyclic) bond motifs is 10. The Balaban J connectivity index is 1.03. The monoisotopic (exact) mass is 1060 g/mol. The molecule has 0 unspecified atom stereocenters. The zero-order valence-electron chi connectivity index (χ0n) is 47.4. The van der Waals surface area contributed by atoms with Gasteiger partial charge in [-0.2, -0.15) is 0 Å². The van der Waals surface area contributed by atoms with Crippen molar-refractivity contribution in [2.45, 2.75) is 45.4 Å². The zero-order chi connectivity index (χ0) is 55.7. The molecule has 0 spiro atoms. The summed E-state index contributed by atoms with van der Waals surface area (Å²) in [5.41, 5.74) is 23.1. The summed E-state index contributed by atoms with van der Waals surface area (Å²) in [6.07, 6.45) is 0. The number of para-hydroxylation sites is 1. The minimum Gasteiger partial charge on any atom is -0.310 e. The molecule has 14 aromatic carbocycles. The molecule has 0 aliphatic heterocycles. The Kier molecular flexibility index (Phi) is 10.9. The van der Waals surface area contributed by atoms with Gasteiger partial charge in [0.05, 0.1) is 0 Å². The van der Waals surface area contributed by atoms with Crippen LogP contribution in [-0.4, -0.2) is 0 Å². The molecule has 16 rings (SSSR count). The second-order valence-corrected chi connectivity index (χ2v) is 24.4. The fourth-order valence-corrected chi connectivity index (χ4v) is 14.2. The van der Waals surface area contributed by atoms with E-state index in [0.29, 0.717) is 0 Å². The van der Waals surface area contributed by atoms with Crippen molar-refractivity contribution in [1.29, 1.82) is 0 Å². The van der Waals surface area contributed by atoms with Crippen molar-refractivity contribution in [3.8, 4) is 55.6 Å². The Labute approximate surface area is 485 Å². The van der Waals surface area contributed by atoms with E-state index in [1.165, 1.54) is 126 Å². The summed E-state index contributed by atoms with van der Waals surface area (Å²) >= 11 is 0. The molecule has 394 valence electrons. The van der Waals surface area contributed by atoms with Crippen molar-refractivity contribution >= 4 is 88.0 Å². The van der Waals surface area contributed by atoms with Gasteiger partial charge in [-0.25, -0.2) is 0 Å². The maximum atomic E-state index is 2.53. The molecule has 0 amide bonds. The minimum atomic E-state index is -0.198. The van der Waals surface area contributed by atoms with Crippen LogP contribution in [0.5, 0.6) is 0 Å². The van der Waals surface area contributed by atoms with E-state index >= 15 is 0 Å². The van der Waals surface area contributed by atoms with Crippen LogP contribution < -0.4 is 9.80 Å². The Morgan fingerprint density at radius 2 is 0.735 bits per heavy atom. The SMILES string of the molecule is CC(C)(C)c1ccc(N(c2ccc3ccccc3c2)c2ccc3c(-c4ccc5c6c(cccc46)-c4ccccc4-5)c4cc(N(c5ccccc5)c5ccc6ccccc6c5)ccc4c(-c4ccc5c(c4)C(C)(C)c4ccccc4-5)c3c2)cc1. The lowest BCUT2D eigenvalue weighted by atomic mass is 9.80. The lowest BCUT2D eigenvalue weighted by molar-refractivity contribution is 0.590. The second-order valence-electron chi connectivity index (χ2n) is 24.4. The number of hydrogen-bond acceptors (Lipinski definition) is 2. The molecule has 0 N–H and O–H groups in total. The largest absolute Gasteiger partial charge is 0.310 e. The van der Waals surface area contributed by atoms with Crippen LogP contribution in [-0.2, 0) is 10.8 Å². The molecule has 83 heavy (non-hydrogen) atoms. The van der Waals surface area contributed by atoms with Crippen LogP contribution in [0.3, 0.4) is 0 Å². The highest BCUT2D eigenvalue weighted by Crippen LogP contribution is 2.55. The molecular formula is C81H60N2. The molecule has 2 nitrogen and oxygen atoms in total. The molecule has 0 aromatic heterocycles. The first-order valence-electron chi connectivity index (χ1n) is 29.2.